The van der Waals surface area contributed by atoms with Gasteiger partial charge in [-0.1, -0.05) is 44.5 Å². The number of carbonyl (C=O) groups excluding carboxylic acids is 1. The minimum atomic E-state index is -0.287. The Morgan fingerprint density at radius 3 is 2.68 bits per heavy atom. The number of rotatable bonds is 5. The highest BCUT2D eigenvalue weighted by atomic mass is 16.5. The number of amides is 1. The molecule has 4 heteroatoms. The van der Waals surface area contributed by atoms with Gasteiger partial charge in [0, 0.05) is 18.9 Å². The predicted molar refractivity (Wildman–Crippen MR) is 98.5 cm³/mol. The van der Waals surface area contributed by atoms with Crippen molar-refractivity contribution < 1.29 is 14.6 Å². The largest absolute Gasteiger partial charge is 0.393 e. The number of aliphatic hydroxyl groups is 1. The van der Waals surface area contributed by atoms with Crippen LogP contribution in [0.1, 0.15) is 56.6 Å². The Morgan fingerprint density at radius 1 is 1.28 bits per heavy atom. The second-order valence-electron chi connectivity index (χ2n) is 7.79. The van der Waals surface area contributed by atoms with Crippen LogP contribution in [0.25, 0.3) is 0 Å². The lowest BCUT2D eigenvalue weighted by Gasteiger charge is -2.40. The van der Waals surface area contributed by atoms with Gasteiger partial charge in [-0.05, 0) is 36.3 Å². The summed E-state index contributed by atoms with van der Waals surface area (Å²) in [5, 5.41) is 10.2. The molecule has 1 saturated carbocycles. The first-order valence-corrected chi connectivity index (χ1v) is 9.70. The summed E-state index contributed by atoms with van der Waals surface area (Å²) in [6, 6.07) is 8.65. The van der Waals surface area contributed by atoms with E-state index in [2.05, 4.69) is 38.1 Å². The van der Waals surface area contributed by atoms with E-state index in [-0.39, 0.29) is 24.0 Å². The fourth-order valence-electron chi connectivity index (χ4n) is 4.17. The molecule has 2 fully saturated rings. The van der Waals surface area contributed by atoms with E-state index in [9.17, 15) is 9.90 Å². The average molecular weight is 345 g/mol. The van der Waals surface area contributed by atoms with Crippen LogP contribution in [0.2, 0.25) is 0 Å². The summed E-state index contributed by atoms with van der Waals surface area (Å²) < 4.78 is 5.62. The van der Waals surface area contributed by atoms with E-state index < -0.39 is 0 Å². The Labute approximate surface area is 151 Å². The minimum Gasteiger partial charge on any atom is -0.393 e. The highest BCUT2D eigenvalue weighted by molar-refractivity contribution is 5.77. The lowest BCUT2D eigenvalue weighted by molar-refractivity contribution is -0.143. The fourth-order valence-corrected chi connectivity index (χ4v) is 4.17. The highest BCUT2D eigenvalue weighted by Gasteiger charge is 2.39. The molecule has 0 unspecified atom stereocenters. The zero-order valence-electron chi connectivity index (χ0n) is 15.5. The fraction of sp³-hybridized carbons (Fsp3) is 0.667. The summed E-state index contributed by atoms with van der Waals surface area (Å²) in [6.45, 7) is 6.20. The van der Waals surface area contributed by atoms with Gasteiger partial charge in [0.2, 0.25) is 5.91 Å². The Morgan fingerprint density at radius 2 is 2.04 bits per heavy atom. The first-order chi connectivity index (χ1) is 12.1. The molecule has 0 spiro atoms. The van der Waals surface area contributed by atoms with E-state index >= 15 is 0 Å². The molecule has 1 amide bonds. The van der Waals surface area contributed by atoms with Crippen molar-refractivity contribution in [2.24, 2.45) is 5.92 Å². The van der Waals surface area contributed by atoms with Gasteiger partial charge in [0.05, 0.1) is 25.4 Å². The molecule has 138 valence electrons. The molecule has 1 aliphatic heterocycles. The van der Waals surface area contributed by atoms with Crippen LogP contribution < -0.4 is 0 Å². The van der Waals surface area contributed by atoms with Gasteiger partial charge in [0.25, 0.3) is 0 Å². The van der Waals surface area contributed by atoms with Gasteiger partial charge in [-0.15, -0.1) is 0 Å². The van der Waals surface area contributed by atoms with Gasteiger partial charge < -0.3 is 14.7 Å². The lowest BCUT2D eigenvalue weighted by atomic mass is 9.93. The maximum atomic E-state index is 12.8. The Kier molecular flexibility index (Phi) is 6.13. The molecule has 1 aromatic carbocycles. The van der Waals surface area contributed by atoms with Crippen LogP contribution in [-0.4, -0.2) is 47.8 Å². The number of benzene rings is 1. The molecular weight excluding hydrogens is 314 g/mol. The van der Waals surface area contributed by atoms with Crippen LogP contribution in [0, 0.1) is 5.92 Å². The molecule has 1 N–H and O–H groups in total. The number of morpholine rings is 1. The van der Waals surface area contributed by atoms with Crippen molar-refractivity contribution in [3.05, 3.63) is 35.4 Å². The van der Waals surface area contributed by atoms with Crippen molar-refractivity contribution in [2.45, 2.75) is 64.0 Å². The van der Waals surface area contributed by atoms with Crippen molar-refractivity contribution in [3.63, 3.8) is 0 Å². The highest BCUT2D eigenvalue weighted by Crippen LogP contribution is 2.32. The third-order valence-electron chi connectivity index (χ3n) is 5.79. The third-order valence-corrected chi connectivity index (χ3v) is 5.79. The van der Waals surface area contributed by atoms with E-state index in [1.165, 1.54) is 11.1 Å². The van der Waals surface area contributed by atoms with Crippen LogP contribution >= 0.6 is 0 Å². The molecule has 1 aliphatic carbocycles. The summed E-state index contributed by atoms with van der Waals surface area (Å²) in [5.74, 6) is 0.901. The number of aliphatic hydroxyl groups excluding tert-OH is 1. The van der Waals surface area contributed by atoms with Gasteiger partial charge in [-0.3, -0.25) is 4.79 Å². The number of ether oxygens (including phenoxy) is 1. The van der Waals surface area contributed by atoms with E-state index in [4.69, 9.17) is 4.74 Å². The van der Waals surface area contributed by atoms with Gasteiger partial charge in [0.15, 0.2) is 0 Å². The third kappa shape index (κ3) is 4.42. The van der Waals surface area contributed by atoms with Crippen LogP contribution in [-0.2, 0) is 16.0 Å². The maximum absolute atomic E-state index is 12.8. The lowest BCUT2D eigenvalue weighted by Crippen LogP contribution is -2.53. The molecule has 3 atom stereocenters. The molecule has 1 aromatic rings. The van der Waals surface area contributed by atoms with E-state index in [0.29, 0.717) is 32.1 Å². The Bertz CT molecular complexity index is 569. The van der Waals surface area contributed by atoms with Gasteiger partial charge in [0.1, 0.15) is 0 Å². The minimum absolute atomic E-state index is 0.0436. The summed E-state index contributed by atoms with van der Waals surface area (Å²) in [7, 11) is 0. The molecule has 25 heavy (non-hydrogen) atoms. The van der Waals surface area contributed by atoms with Crippen LogP contribution in [0.3, 0.4) is 0 Å². The predicted octanol–water partition coefficient (Wildman–Crippen LogP) is 3.13. The second kappa shape index (κ2) is 8.33. The molecular formula is C21H31NO3. The number of nitrogens with zero attached hydrogens (tertiary/aromatic N) is 1. The van der Waals surface area contributed by atoms with Crippen molar-refractivity contribution >= 4 is 5.91 Å². The van der Waals surface area contributed by atoms with Gasteiger partial charge >= 0.3 is 0 Å². The SMILES string of the molecule is CC(C)c1ccc(CCC(=O)N2CCOC[C@@H]2[C@@H]2CCC[C@H]2O)cc1. The van der Waals surface area contributed by atoms with Gasteiger partial charge in [-0.25, -0.2) is 0 Å². The smallest absolute Gasteiger partial charge is 0.223 e. The van der Waals surface area contributed by atoms with Crippen LogP contribution in [0.15, 0.2) is 24.3 Å². The summed E-state index contributed by atoms with van der Waals surface area (Å²) in [6.07, 6.45) is 3.91. The van der Waals surface area contributed by atoms with Crippen molar-refractivity contribution in [1.82, 2.24) is 4.90 Å². The first kappa shape index (κ1) is 18.4. The monoisotopic (exact) mass is 345 g/mol. The van der Waals surface area contributed by atoms with Gasteiger partial charge in [-0.2, -0.15) is 0 Å². The Balaban J connectivity index is 1.58. The molecule has 3 rings (SSSR count). The molecule has 4 nitrogen and oxygen atoms in total. The number of carbonyl (C=O) groups is 1. The first-order valence-electron chi connectivity index (χ1n) is 9.70. The maximum Gasteiger partial charge on any atom is 0.223 e. The molecule has 2 aliphatic rings. The van der Waals surface area contributed by atoms with E-state index in [1.807, 2.05) is 4.90 Å². The van der Waals surface area contributed by atoms with Crippen molar-refractivity contribution in [3.8, 4) is 0 Å². The molecule has 1 heterocycles. The Hall–Kier alpha value is -1.39. The van der Waals surface area contributed by atoms with Crippen LogP contribution in [0.4, 0.5) is 0 Å². The number of hydrogen-bond donors (Lipinski definition) is 1. The van der Waals surface area contributed by atoms with E-state index in [1.54, 1.807) is 0 Å². The van der Waals surface area contributed by atoms with Crippen molar-refractivity contribution in [1.29, 1.82) is 0 Å². The molecule has 0 radical (unpaired) electrons. The number of aryl methyl sites for hydroxylation is 1. The zero-order chi connectivity index (χ0) is 17.8. The summed E-state index contributed by atoms with van der Waals surface area (Å²) >= 11 is 0. The van der Waals surface area contributed by atoms with Crippen molar-refractivity contribution in [2.75, 3.05) is 19.8 Å². The number of hydrogen-bond acceptors (Lipinski definition) is 3. The molecule has 0 bridgehead atoms. The quantitative estimate of drug-likeness (QED) is 0.892. The topological polar surface area (TPSA) is 49.8 Å². The molecule has 0 aromatic heterocycles. The van der Waals surface area contributed by atoms with E-state index in [0.717, 1.165) is 25.7 Å². The second-order valence-corrected chi connectivity index (χ2v) is 7.79. The normalized spacial score (nSPS) is 27.0. The summed E-state index contributed by atoms with van der Waals surface area (Å²) in [5.41, 5.74) is 2.54. The average Bonchev–Trinajstić information content (AvgIpc) is 3.06. The van der Waals surface area contributed by atoms with Crippen LogP contribution in [0.5, 0.6) is 0 Å². The molecule has 1 saturated heterocycles. The summed E-state index contributed by atoms with van der Waals surface area (Å²) in [4.78, 5) is 14.8. The standard InChI is InChI=1S/C21H31NO3/c1-15(2)17-9-6-16(7-10-17)8-11-21(24)22-12-13-25-14-19(22)18-4-3-5-20(18)23/h6-7,9-10,15,18-20,23H,3-5,8,11-14H2,1-2H3/t18-,19+,20+/m0/s1. The zero-order valence-corrected chi connectivity index (χ0v) is 15.5.